The number of hydrogen-bond acceptors (Lipinski definition) is 5. The molecule has 116 valence electrons. The quantitative estimate of drug-likeness (QED) is 0.732. The largest absolute Gasteiger partial charge is 0.395 e. The van der Waals surface area contributed by atoms with Crippen molar-refractivity contribution in [2.24, 2.45) is 5.73 Å². The molecule has 1 aliphatic heterocycles. The van der Waals surface area contributed by atoms with Crippen molar-refractivity contribution in [3.8, 4) is 0 Å². The van der Waals surface area contributed by atoms with Crippen LogP contribution in [0.3, 0.4) is 0 Å². The van der Waals surface area contributed by atoms with Crippen LogP contribution in [0.1, 0.15) is 10.4 Å². The summed E-state index contributed by atoms with van der Waals surface area (Å²) in [5.74, 6) is -0.587. The molecule has 8 heteroatoms. The van der Waals surface area contributed by atoms with Crippen LogP contribution in [0.15, 0.2) is 29.2 Å². The highest BCUT2D eigenvalue weighted by atomic mass is 32.2. The standard InChI is InChI=1S/C13H19N3O4S/c14-13(18)11-1-3-12(4-2-11)21(19,20)16-7-5-15(6-8-16)9-10-17/h1-4,17H,5-10H2,(H2,14,18). The predicted octanol–water partition coefficient (Wildman–Crippen LogP) is -0.916. The minimum Gasteiger partial charge on any atom is -0.395 e. The molecule has 1 aromatic carbocycles. The lowest BCUT2D eigenvalue weighted by Crippen LogP contribution is -2.49. The maximum Gasteiger partial charge on any atom is 0.248 e. The smallest absolute Gasteiger partial charge is 0.248 e. The zero-order valence-electron chi connectivity index (χ0n) is 11.6. The first-order valence-corrected chi connectivity index (χ1v) is 8.12. The topological polar surface area (TPSA) is 104 Å². The molecule has 0 unspecified atom stereocenters. The molecule has 7 nitrogen and oxygen atoms in total. The lowest BCUT2D eigenvalue weighted by Gasteiger charge is -2.33. The maximum absolute atomic E-state index is 12.5. The highest BCUT2D eigenvalue weighted by molar-refractivity contribution is 7.89. The third kappa shape index (κ3) is 3.59. The van der Waals surface area contributed by atoms with Gasteiger partial charge in [-0.1, -0.05) is 0 Å². The van der Waals surface area contributed by atoms with Gasteiger partial charge in [0.05, 0.1) is 11.5 Å². The zero-order chi connectivity index (χ0) is 15.5. The Morgan fingerprint density at radius 3 is 2.19 bits per heavy atom. The number of aliphatic hydroxyl groups excluding tert-OH is 1. The van der Waals surface area contributed by atoms with E-state index in [1.165, 1.54) is 28.6 Å². The molecule has 1 saturated heterocycles. The van der Waals surface area contributed by atoms with E-state index < -0.39 is 15.9 Å². The molecular formula is C13H19N3O4S. The number of piperazine rings is 1. The summed E-state index contributed by atoms with van der Waals surface area (Å²) in [4.78, 5) is 13.2. The van der Waals surface area contributed by atoms with Gasteiger partial charge in [0.15, 0.2) is 0 Å². The number of primary amides is 1. The van der Waals surface area contributed by atoms with Crippen molar-refractivity contribution >= 4 is 15.9 Å². The van der Waals surface area contributed by atoms with Crippen LogP contribution in [0, 0.1) is 0 Å². The van der Waals surface area contributed by atoms with Crippen molar-refractivity contribution in [2.75, 3.05) is 39.3 Å². The fourth-order valence-electron chi connectivity index (χ4n) is 2.28. The average Bonchev–Trinajstić information content (AvgIpc) is 2.48. The lowest BCUT2D eigenvalue weighted by molar-refractivity contribution is 0.1000. The van der Waals surface area contributed by atoms with Crippen LogP contribution in [0.2, 0.25) is 0 Å². The molecule has 1 aliphatic rings. The van der Waals surface area contributed by atoms with E-state index in [4.69, 9.17) is 10.8 Å². The molecule has 1 amide bonds. The number of hydrogen-bond donors (Lipinski definition) is 2. The van der Waals surface area contributed by atoms with Gasteiger partial charge in [0.1, 0.15) is 0 Å². The Labute approximate surface area is 124 Å². The van der Waals surface area contributed by atoms with Gasteiger partial charge in [-0.15, -0.1) is 0 Å². The van der Waals surface area contributed by atoms with E-state index in [1.807, 2.05) is 4.90 Å². The first-order valence-electron chi connectivity index (χ1n) is 6.68. The Balaban J connectivity index is 2.10. The summed E-state index contributed by atoms with van der Waals surface area (Å²) in [6.45, 7) is 2.60. The number of rotatable bonds is 5. The summed E-state index contributed by atoms with van der Waals surface area (Å²) in [7, 11) is -3.55. The second kappa shape index (κ2) is 6.52. The number of carbonyl (C=O) groups excluding carboxylic acids is 1. The second-order valence-electron chi connectivity index (χ2n) is 4.86. The minimum absolute atomic E-state index is 0.0708. The van der Waals surface area contributed by atoms with E-state index in [-0.39, 0.29) is 17.1 Å². The Morgan fingerprint density at radius 1 is 1.14 bits per heavy atom. The van der Waals surface area contributed by atoms with Gasteiger partial charge in [0.25, 0.3) is 0 Å². The maximum atomic E-state index is 12.5. The SMILES string of the molecule is NC(=O)c1ccc(S(=O)(=O)N2CCN(CCO)CC2)cc1. The van der Waals surface area contributed by atoms with Crippen molar-refractivity contribution < 1.29 is 18.3 Å². The molecule has 0 saturated carbocycles. The number of sulfonamides is 1. The summed E-state index contributed by atoms with van der Waals surface area (Å²) < 4.78 is 26.4. The molecule has 3 N–H and O–H groups in total. The van der Waals surface area contributed by atoms with Crippen molar-refractivity contribution in [3.05, 3.63) is 29.8 Å². The van der Waals surface area contributed by atoms with Crippen molar-refractivity contribution in [1.29, 1.82) is 0 Å². The van der Waals surface area contributed by atoms with Crippen molar-refractivity contribution in [1.82, 2.24) is 9.21 Å². The number of amides is 1. The van der Waals surface area contributed by atoms with E-state index in [2.05, 4.69) is 0 Å². The third-order valence-corrected chi connectivity index (χ3v) is 5.44. The molecule has 0 spiro atoms. The minimum atomic E-state index is -3.55. The predicted molar refractivity (Wildman–Crippen MR) is 77.2 cm³/mol. The normalized spacial score (nSPS) is 17.8. The van der Waals surface area contributed by atoms with Crippen LogP contribution in [-0.2, 0) is 10.0 Å². The zero-order valence-corrected chi connectivity index (χ0v) is 12.4. The van der Waals surface area contributed by atoms with Gasteiger partial charge in [-0.2, -0.15) is 4.31 Å². The second-order valence-corrected chi connectivity index (χ2v) is 6.80. The van der Waals surface area contributed by atoms with Crippen LogP contribution in [0.25, 0.3) is 0 Å². The average molecular weight is 313 g/mol. The van der Waals surface area contributed by atoms with Gasteiger partial charge in [0.2, 0.25) is 15.9 Å². The molecule has 1 aromatic rings. The van der Waals surface area contributed by atoms with Gasteiger partial charge in [0, 0.05) is 38.3 Å². The number of benzene rings is 1. The monoisotopic (exact) mass is 313 g/mol. The number of nitrogens with two attached hydrogens (primary N) is 1. The molecule has 0 radical (unpaired) electrons. The van der Waals surface area contributed by atoms with E-state index in [9.17, 15) is 13.2 Å². The number of nitrogens with zero attached hydrogens (tertiary/aromatic N) is 2. The first kappa shape index (κ1) is 15.9. The number of carbonyl (C=O) groups is 1. The van der Waals surface area contributed by atoms with E-state index in [0.717, 1.165) is 0 Å². The van der Waals surface area contributed by atoms with Gasteiger partial charge in [-0.05, 0) is 24.3 Å². The Bertz CT molecular complexity index is 592. The highest BCUT2D eigenvalue weighted by Gasteiger charge is 2.28. The van der Waals surface area contributed by atoms with Crippen LogP contribution in [0.4, 0.5) is 0 Å². The molecule has 21 heavy (non-hydrogen) atoms. The summed E-state index contributed by atoms with van der Waals surface area (Å²) >= 11 is 0. The van der Waals surface area contributed by atoms with Crippen LogP contribution >= 0.6 is 0 Å². The molecule has 0 bridgehead atoms. The summed E-state index contributed by atoms with van der Waals surface area (Å²) in [5.41, 5.74) is 5.41. The number of β-amino-alcohol motifs (C(OH)–C–C–N with tert-alkyl or cyclic N) is 1. The summed E-state index contributed by atoms with van der Waals surface area (Å²) in [6.07, 6.45) is 0. The Hall–Kier alpha value is -1.48. The van der Waals surface area contributed by atoms with Gasteiger partial charge < -0.3 is 10.8 Å². The summed E-state index contributed by atoms with van der Waals surface area (Å²) in [5, 5.41) is 8.88. The molecule has 0 aromatic heterocycles. The molecule has 1 heterocycles. The number of aliphatic hydroxyl groups is 1. The lowest BCUT2D eigenvalue weighted by atomic mass is 10.2. The summed E-state index contributed by atoms with van der Waals surface area (Å²) in [6, 6.07) is 5.62. The van der Waals surface area contributed by atoms with E-state index in [1.54, 1.807) is 0 Å². The fraction of sp³-hybridized carbons (Fsp3) is 0.462. The van der Waals surface area contributed by atoms with Crippen LogP contribution in [0.5, 0.6) is 0 Å². The van der Waals surface area contributed by atoms with Crippen LogP contribution in [-0.4, -0.2) is 68.0 Å². The molecule has 0 aliphatic carbocycles. The van der Waals surface area contributed by atoms with Crippen molar-refractivity contribution in [2.45, 2.75) is 4.90 Å². The van der Waals surface area contributed by atoms with Gasteiger partial charge in [-0.3, -0.25) is 9.69 Å². The van der Waals surface area contributed by atoms with Gasteiger partial charge >= 0.3 is 0 Å². The molecule has 2 rings (SSSR count). The molecule has 1 fully saturated rings. The van der Waals surface area contributed by atoms with Gasteiger partial charge in [-0.25, -0.2) is 8.42 Å². The molecule has 0 atom stereocenters. The van der Waals surface area contributed by atoms with E-state index >= 15 is 0 Å². The highest BCUT2D eigenvalue weighted by Crippen LogP contribution is 2.18. The fourth-order valence-corrected chi connectivity index (χ4v) is 3.70. The Morgan fingerprint density at radius 2 is 1.71 bits per heavy atom. The van der Waals surface area contributed by atoms with Crippen LogP contribution < -0.4 is 5.73 Å². The molecular weight excluding hydrogens is 294 g/mol. The van der Waals surface area contributed by atoms with Crippen molar-refractivity contribution in [3.63, 3.8) is 0 Å². The van der Waals surface area contributed by atoms with E-state index in [0.29, 0.717) is 32.7 Å². The Kier molecular flexibility index (Phi) is 4.94. The third-order valence-electron chi connectivity index (χ3n) is 3.52. The first-order chi connectivity index (χ1) is 9.95.